The van der Waals surface area contributed by atoms with Crippen molar-refractivity contribution in [2.45, 2.75) is 13.3 Å². The van der Waals surface area contributed by atoms with Crippen molar-refractivity contribution in [2.24, 2.45) is 11.8 Å². The molecule has 0 aliphatic heterocycles. The molecule has 0 radical (unpaired) electrons. The van der Waals surface area contributed by atoms with Crippen molar-refractivity contribution < 1.29 is 4.92 Å². The van der Waals surface area contributed by atoms with Crippen molar-refractivity contribution in [1.29, 1.82) is 0 Å². The average molecular weight is 299 g/mol. The third-order valence-electron chi connectivity index (χ3n) is 3.33. The van der Waals surface area contributed by atoms with E-state index in [1.807, 2.05) is 18.0 Å². The predicted molar refractivity (Wildman–Crippen MR) is 71.3 cm³/mol. The van der Waals surface area contributed by atoms with Gasteiger partial charge in [-0.05, 0) is 30.4 Å². The Morgan fingerprint density at radius 3 is 2.76 bits per heavy atom. The zero-order chi connectivity index (χ0) is 12.6. The summed E-state index contributed by atoms with van der Waals surface area (Å²) in [6, 6.07) is 5.20. The second-order valence-electron chi connectivity index (χ2n) is 4.74. The molecule has 0 aromatic heterocycles. The summed E-state index contributed by atoms with van der Waals surface area (Å²) >= 11 is 3.26. The summed E-state index contributed by atoms with van der Waals surface area (Å²) in [4.78, 5) is 12.7. The van der Waals surface area contributed by atoms with Gasteiger partial charge in [0.15, 0.2) is 0 Å². The molecule has 0 amide bonds. The zero-order valence-corrected chi connectivity index (χ0v) is 11.5. The molecule has 1 fully saturated rings. The van der Waals surface area contributed by atoms with Gasteiger partial charge < -0.3 is 4.90 Å². The first-order valence-electron chi connectivity index (χ1n) is 5.64. The molecule has 5 heteroatoms. The number of hydrogen-bond acceptors (Lipinski definition) is 3. The Kier molecular flexibility index (Phi) is 3.38. The topological polar surface area (TPSA) is 46.4 Å². The van der Waals surface area contributed by atoms with Gasteiger partial charge in [0.2, 0.25) is 0 Å². The molecule has 4 nitrogen and oxygen atoms in total. The van der Waals surface area contributed by atoms with Gasteiger partial charge in [-0.1, -0.05) is 22.9 Å². The third kappa shape index (κ3) is 2.77. The van der Waals surface area contributed by atoms with Crippen LogP contribution in [-0.2, 0) is 0 Å². The van der Waals surface area contributed by atoms with Crippen LogP contribution in [0.25, 0.3) is 0 Å². The van der Waals surface area contributed by atoms with E-state index in [1.54, 1.807) is 12.1 Å². The van der Waals surface area contributed by atoms with E-state index in [2.05, 4.69) is 22.9 Å². The lowest BCUT2D eigenvalue weighted by Gasteiger charge is -2.19. The van der Waals surface area contributed by atoms with Gasteiger partial charge in [-0.3, -0.25) is 10.1 Å². The fraction of sp³-hybridized carbons (Fsp3) is 0.500. The first-order chi connectivity index (χ1) is 7.99. The minimum atomic E-state index is -0.326. The van der Waals surface area contributed by atoms with Crippen LogP contribution in [0.1, 0.15) is 13.3 Å². The fourth-order valence-electron chi connectivity index (χ4n) is 2.07. The molecular formula is C12H15BrN2O2. The van der Waals surface area contributed by atoms with E-state index in [-0.39, 0.29) is 10.6 Å². The molecule has 2 rings (SSSR count). The molecule has 2 atom stereocenters. The molecule has 0 spiro atoms. The highest BCUT2D eigenvalue weighted by Gasteiger charge is 2.34. The van der Waals surface area contributed by atoms with Gasteiger partial charge >= 0.3 is 0 Å². The summed E-state index contributed by atoms with van der Waals surface area (Å²) in [5, 5.41) is 11.0. The van der Waals surface area contributed by atoms with Crippen LogP contribution in [0.2, 0.25) is 0 Å². The lowest BCUT2D eigenvalue weighted by atomic mass is 10.2. The molecule has 1 aromatic carbocycles. The maximum absolute atomic E-state index is 11.0. The highest BCUT2D eigenvalue weighted by molar-refractivity contribution is 9.10. The third-order valence-corrected chi connectivity index (χ3v) is 3.82. The maximum Gasteiger partial charge on any atom is 0.293 e. The van der Waals surface area contributed by atoms with E-state index in [0.29, 0.717) is 11.6 Å². The van der Waals surface area contributed by atoms with E-state index in [1.165, 1.54) is 6.42 Å². The van der Waals surface area contributed by atoms with Crippen molar-refractivity contribution in [1.82, 2.24) is 0 Å². The van der Waals surface area contributed by atoms with Crippen LogP contribution in [0.15, 0.2) is 22.7 Å². The summed E-state index contributed by atoms with van der Waals surface area (Å²) in [6.07, 6.45) is 1.23. The molecule has 0 heterocycles. The second-order valence-corrected chi connectivity index (χ2v) is 5.66. The van der Waals surface area contributed by atoms with Gasteiger partial charge in [0.25, 0.3) is 5.69 Å². The van der Waals surface area contributed by atoms with Gasteiger partial charge in [0.1, 0.15) is 5.69 Å². The minimum Gasteiger partial charge on any atom is -0.369 e. The molecule has 1 aliphatic rings. The molecular weight excluding hydrogens is 284 g/mol. The smallest absolute Gasteiger partial charge is 0.293 e. The molecule has 0 saturated heterocycles. The molecule has 0 bridgehead atoms. The Morgan fingerprint density at radius 1 is 1.59 bits per heavy atom. The minimum absolute atomic E-state index is 0.162. The molecule has 1 saturated carbocycles. The van der Waals surface area contributed by atoms with Crippen molar-refractivity contribution in [3.63, 3.8) is 0 Å². The Morgan fingerprint density at radius 2 is 2.24 bits per heavy atom. The largest absolute Gasteiger partial charge is 0.369 e. The number of anilines is 1. The van der Waals surface area contributed by atoms with Gasteiger partial charge in [0, 0.05) is 24.1 Å². The summed E-state index contributed by atoms with van der Waals surface area (Å²) in [6.45, 7) is 3.11. The van der Waals surface area contributed by atoms with Gasteiger partial charge in [-0.15, -0.1) is 0 Å². The molecule has 17 heavy (non-hydrogen) atoms. The van der Waals surface area contributed by atoms with E-state index >= 15 is 0 Å². The highest BCUT2D eigenvalue weighted by atomic mass is 79.9. The average Bonchev–Trinajstić information content (AvgIpc) is 2.93. The number of nitro groups is 1. The van der Waals surface area contributed by atoms with Crippen molar-refractivity contribution in [3.05, 3.63) is 32.8 Å². The standard InChI is InChI=1S/C12H15BrN2O2/c1-8-5-9(8)7-14(2)11-4-3-10(13)6-12(11)15(16)17/h3-4,6,8-9H,5,7H2,1-2H3. The number of halogens is 1. The Hall–Kier alpha value is -1.10. The molecule has 2 unspecified atom stereocenters. The zero-order valence-electron chi connectivity index (χ0n) is 9.89. The second kappa shape index (κ2) is 4.64. The van der Waals surface area contributed by atoms with Crippen LogP contribution in [0.4, 0.5) is 11.4 Å². The van der Waals surface area contributed by atoms with Gasteiger partial charge in [-0.25, -0.2) is 0 Å². The van der Waals surface area contributed by atoms with Gasteiger partial charge in [-0.2, -0.15) is 0 Å². The predicted octanol–water partition coefficient (Wildman–Crippen LogP) is 3.45. The van der Waals surface area contributed by atoms with Crippen LogP contribution in [0.5, 0.6) is 0 Å². The van der Waals surface area contributed by atoms with E-state index in [4.69, 9.17) is 0 Å². The quantitative estimate of drug-likeness (QED) is 0.632. The van der Waals surface area contributed by atoms with Crippen LogP contribution in [-0.4, -0.2) is 18.5 Å². The monoisotopic (exact) mass is 298 g/mol. The van der Waals surface area contributed by atoms with E-state index < -0.39 is 0 Å². The highest BCUT2D eigenvalue weighted by Crippen LogP contribution is 2.40. The van der Waals surface area contributed by atoms with Gasteiger partial charge in [0.05, 0.1) is 4.92 Å². The number of nitro benzene ring substituents is 1. The number of benzene rings is 1. The molecule has 92 valence electrons. The summed E-state index contributed by atoms with van der Waals surface area (Å²) in [5.41, 5.74) is 0.854. The number of hydrogen-bond donors (Lipinski definition) is 0. The number of nitrogens with zero attached hydrogens (tertiary/aromatic N) is 2. The summed E-state index contributed by atoms with van der Waals surface area (Å²) < 4.78 is 0.737. The molecule has 1 aromatic rings. The first kappa shape index (κ1) is 12.4. The van der Waals surface area contributed by atoms with Crippen molar-refractivity contribution >= 4 is 27.3 Å². The SMILES string of the molecule is CC1CC1CN(C)c1ccc(Br)cc1[N+](=O)[O-]. The molecule has 1 aliphatic carbocycles. The van der Waals surface area contributed by atoms with Crippen LogP contribution >= 0.6 is 15.9 Å². The van der Waals surface area contributed by atoms with Crippen molar-refractivity contribution in [3.8, 4) is 0 Å². The first-order valence-corrected chi connectivity index (χ1v) is 6.43. The van der Waals surface area contributed by atoms with Crippen LogP contribution in [0.3, 0.4) is 0 Å². The van der Waals surface area contributed by atoms with Crippen LogP contribution in [0, 0.1) is 22.0 Å². The van der Waals surface area contributed by atoms with Crippen LogP contribution < -0.4 is 4.90 Å². The van der Waals surface area contributed by atoms with E-state index in [9.17, 15) is 10.1 Å². The maximum atomic E-state index is 11.0. The Labute approximate surface area is 109 Å². The lowest BCUT2D eigenvalue weighted by molar-refractivity contribution is -0.384. The summed E-state index contributed by atoms with van der Waals surface area (Å²) in [5.74, 6) is 1.44. The summed E-state index contributed by atoms with van der Waals surface area (Å²) in [7, 11) is 1.92. The number of rotatable bonds is 4. The van der Waals surface area contributed by atoms with Crippen molar-refractivity contribution in [2.75, 3.05) is 18.5 Å². The Balaban J connectivity index is 2.21. The normalized spacial score (nSPS) is 22.3. The molecule has 0 N–H and O–H groups in total. The Bertz CT molecular complexity index is 450. The van der Waals surface area contributed by atoms with E-state index in [0.717, 1.165) is 16.9 Å². The fourth-order valence-corrected chi connectivity index (χ4v) is 2.42. The lowest BCUT2D eigenvalue weighted by Crippen LogP contribution is -2.21.